The quantitative estimate of drug-likeness (QED) is 0.840. The Balaban J connectivity index is 1.74. The van der Waals surface area contributed by atoms with E-state index in [1.807, 2.05) is 7.05 Å². The van der Waals surface area contributed by atoms with Crippen molar-refractivity contribution < 1.29 is 13.2 Å². The Labute approximate surface area is 161 Å². The molecule has 1 amide bonds. The van der Waals surface area contributed by atoms with E-state index in [-0.39, 0.29) is 16.8 Å². The molecule has 2 aromatic carbocycles. The van der Waals surface area contributed by atoms with Crippen LogP contribution >= 0.6 is 0 Å². The van der Waals surface area contributed by atoms with Crippen LogP contribution in [-0.2, 0) is 10.0 Å². The van der Waals surface area contributed by atoms with E-state index < -0.39 is 10.0 Å². The molecule has 5 nitrogen and oxygen atoms in total. The number of carbonyl (C=O) groups excluding carboxylic acids is 1. The summed E-state index contributed by atoms with van der Waals surface area (Å²) in [7, 11) is -1.84. The lowest BCUT2D eigenvalue weighted by Gasteiger charge is -2.33. The first-order chi connectivity index (χ1) is 12.9. The second-order valence-electron chi connectivity index (χ2n) is 7.33. The molecule has 1 aliphatic carbocycles. The summed E-state index contributed by atoms with van der Waals surface area (Å²) in [5, 5.41) is 0. The highest BCUT2D eigenvalue weighted by atomic mass is 32.2. The monoisotopic (exact) mass is 386 g/mol. The first-order valence-corrected chi connectivity index (χ1v) is 10.8. The van der Waals surface area contributed by atoms with Crippen molar-refractivity contribution >= 4 is 21.6 Å². The minimum absolute atomic E-state index is 0.0738. The third-order valence-corrected chi connectivity index (χ3v) is 6.67. The van der Waals surface area contributed by atoms with Crippen molar-refractivity contribution in [3.05, 3.63) is 60.2 Å². The molecular weight excluding hydrogens is 360 g/mol. The van der Waals surface area contributed by atoms with Gasteiger partial charge in [0.1, 0.15) is 0 Å². The van der Waals surface area contributed by atoms with E-state index in [9.17, 15) is 13.2 Å². The van der Waals surface area contributed by atoms with Gasteiger partial charge < -0.3 is 4.90 Å². The maximum atomic E-state index is 12.9. The van der Waals surface area contributed by atoms with E-state index in [1.54, 1.807) is 47.4 Å². The van der Waals surface area contributed by atoms with Gasteiger partial charge in [-0.1, -0.05) is 31.2 Å². The third-order valence-electron chi connectivity index (χ3n) is 5.27. The van der Waals surface area contributed by atoms with Gasteiger partial charge in [0.25, 0.3) is 15.9 Å². The lowest BCUT2D eigenvalue weighted by molar-refractivity contribution is 0.0679. The highest BCUT2D eigenvalue weighted by molar-refractivity contribution is 7.92. The van der Waals surface area contributed by atoms with Crippen molar-refractivity contribution in [3.63, 3.8) is 0 Å². The number of rotatable bonds is 5. The zero-order chi connectivity index (χ0) is 19.4. The van der Waals surface area contributed by atoms with Crippen LogP contribution in [0.15, 0.2) is 59.5 Å². The molecule has 0 unspecified atom stereocenters. The SMILES string of the molecule is CC1CCC(N(C)C(=O)c2cccc(NS(=O)(=O)c3ccccc3)c2)CC1. The number of nitrogens with zero attached hydrogens (tertiary/aromatic N) is 1. The number of sulfonamides is 1. The summed E-state index contributed by atoms with van der Waals surface area (Å²) in [6, 6.07) is 15.1. The van der Waals surface area contributed by atoms with Gasteiger partial charge in [0.2, 0.25) is 0 Å². The van der Waals surface area contributed by atoms with Crippen molar-refractivity contribution in [3.8, 4) is 0 Å². The van der Waals surface area contributed by atoms with Gasteiger partial charge in [-0.05, 0) is 61.9 Å². The van der Waals surface area contributed by atoms with E-state index in [0.717, 1.165) is 31.6 Å². The Kier molecular flexibility index (Phi) is 5.85. The lowest BCUT2D eigenvalue weighted by atomic mass is 9.86. The largest absolute Gasteiger partial charge is 0.339 e. The second-order valence-corrected chi connectivity index (χ2v) is 9.01. The summed E-state index contributed by atoms with van der Waals surface area (Å²) in [5.74, 6) is 0.649. The number of benzene rings is 2. The number of carbonyl (C=O) groups is 1. The first-order valence-electron chi connectivity index (χ1n) is 9.32. The highest BCUT2D eigenvalue weighted by Crippen LogP contribution is 2.27. The molecule has 27 heavy (non-hydrogen) atoms. The van der Waals surface area contributed by atoms with Crippen LogP contribution in [-0.4, -0.2) is 32.3 Å². The van der Waals surface area contributed by atoms with Crippen molar-refractivity contribution in [1.29, 1.82) is 0 Å². The second kappa shape index (κ2) is 8.13. The average Bonchev–Trinajstić information content (AvgIpc) is 2.68. The summed E-state index contributed by atoms with van der Waals surface area (Å²) in [6.07, 6.45) is 4.31. The maximum Gasteiger partial charge on any atom is 0.261 e. The Morgan fingerprint density at radius 2 is 1.67 bits per heavy atom. The Bertz CT molecular complexity index is 889. The third kappa shape index (κ3) is 4.69. The fraction of sp³-hybridized carbons (Fsp3) is 0.381. The Morgan fingerprint density at radius 3 is 2.33 bits per heavy atom. The molecule has 3 rings (SSSR count). The van der Waals surface area contributed by atoms with Crippen LogP contribution in [0.1, 0.15) is 43.0 Å². The number of amides is 1. The molecule has 0 heterocycles. The van der Waals surface area contributed by atoms with Gasteiger partial charge in [-0.15, -0.1) is 0 Å². The normalized spacial score (nSPS) is 20.1. The molecule has 144 valence electrons. The number of hydrogen-bond acceptors (Lipinski definition) is 3. The Hall–Kier alpha value is -2.34. The summed E-state index contributed by atoms with van der Waals surface area (Å²) in [4.78, 5) is 14.9. The minimum Gasteiger partial charge on any atom is -0.339 e. The zero-order valence-corrected chi connectivity index (χ0v) is 16.6. The molecule has 2 aromatic rings. The summed E-state index contributed by atoms with van der Waals surface area (Å²) in [6.45, 7) is 2.25. The molecule has 0 radical (unpaired) electrons. The van der Waals surface area contributed by atoms with E-state index in [4.69, 9.17) is 0 Å². The van der Waals surface area contributed by atoms with Crippen LogP contribution in [0.2, 0.25) is 0 Å². The molecule has 0 bridgehead atoms. The van der Waals surface area contributed by atoms with Crippen LogP contribution in [0.5, 0.6) is 0 Å². The van der Waals surface area contributed by atoms with Gasteiger partial charge >= 0.3 is 0 Å². The van der Waals surface area contributed by atoms with Crippen molar-refractivity contribution in [2.24, 2.45) is 5.92 Å². The standard InChI is InChI=1S/C21H26N2O3S/c1-16-11-13-19(14-12-16)23(2)21(24)17-7-6-8-18(15-17)22-27(25,26)20-9-4-3-5-10-20/h3-10,15-16,19,22H,11-14H2,1-2H3. The van der Waals surface area contributed by atoms with Gasteiger partial charge in [0, 0.05) is 24.3 Å². The Morgan fingerprint density at radius 1 is 1.00 bits per heavy atom. The smallest absolute Gasteiger partial charge is 0.261 e. The van der Waals surface area contributed by atoms with Gasteiger partial charge in [-0.3, -0.25) is 9.52 Å². The fourth-order valence-corrected chi connectivity index (χ4v) is 4.60. The van der Waals surface area contributed by atoms with Gasteiger partial charge in [0.05, 0.1) is 4.90 Å². The number of hydrogen-bond donors (Lipinski definition) is 1. The van der Waals surface area contributed by atoms with Crippen molar-refractivity contribution in [2.45, 2.75) is 43.5 Å². The topological polar surface area (TPSA) is 66.5 Å². The molecule has 1 aliphatic rings. The molecule has 1 N–H and O–H groups in total. The van der Waals surface area contributed by atoms with Gasteiger partial charge in [-0.25, -0.2) is 8.42 Å². The summed E-state index contributed by atoms with van der Waals surface area (Å²) in [5.41, 5.74) is 0.875. The summed E-state index contributed by atoms with van der Waals surface area (Å²) < 4.78 is 27.5. The summed E-state index contributed by atoms with van der Waals surface area (Å²) >= 11 is 0. The molecule has 1 fully saturated rings. The van der Waals surface area contributed by atoms with E-state index in [0.29, 0.717) is 11.3 Å². The molecule has 0 spiro atoms. The first kappa shape index (κ1) is 19.4. The van der Waals surface area contributed by atoms with Crippen LogP contribution in [0.25, 0.3) is 0 Å². The lowest BCUT2D eigenvalue weighted by Crippen LogP contribution is -2.39. The maximum absolute atomic E-state index is 12.9. The average molecular weight is 387 g/mol. The van der Waals surface area contributed by atoms with E-state index >= 15 is 0 Å². The molecule has 1 saturated carbocycles. The van der Waals surface area contributed by atoms with Crippen LogP contribution < -0.4 is 4.72 Å². The van der Waals surface area contributed by atoms with Crippen LogP contribution in [0, 0.1) is 5.92 Å². The number of anilines is 1. The molecular formula is C21H26N2O3S. The molecule has 0 aromatic heterocycles. The van der Waals surface area contributed by atoms with Crippen molar-refractivity contribution in [2.75, 3.05) is 11.8 Å². The number of nitrogens with one attached hydrogen (secondary N) is 1. The molecule has 0 aliphatic heterocycles. The minimum atomic E-state index is -3.68. The van der Waals surface area contributed by atoms with Gasteiger partial charge in [0.15, 0.2) is 0 Å². The van der Waals surface area contributed by atoms with E-state index in [2.05, 4.69) is 11.6 Å². The molecule has 0 atom stereocenters. The molecule has 0 saturated heterocycles. The van der Waals surface area contributed by atoms with Crippen molar-refractivity contribution in [1.82, 2.24) is 4.90 Å². The zero-order valence-electron chi connectivity index (χ0n) is 15.8. The fourth-order valence-electron chi connectivity index (χ4n) is 3.53. The van der Waals surface area contributed by atoms with Gasteiger partial charge in [-0.2, -0.15) is 0 Å². The predicted octanol–water partition coefficient (Wildman–Crippen LogP) is 4.14. The van der Waals surface area contributed by atoms with E-state index in [1.165, 1.54) is 12.1 Å². The predicted molar refractivity (Wildman–Crippen MR) is 107 cm³/mol. The highest BCUT2D eigenvalue weighted by Gasteiger charge is 2.25. The molecule has 6 heteroatoms. The van der Waals surface area contributed by atoms with Crippen LogP contribution in [0.4, 0.5) is 5.69 Å². The van der Waals surface area contributed by atoms with Crippen LogP contribution in [0.3, 0.4) is 0 Å².